The summed E-state index contributed by atoms with van der Waals surface area (Å²) in [7, 11) is 1.79. The van der Waals surface area contributed by atoms with E-state index in [-0.39, 0.29) is 5.60 Å². The summed E-state index contributed by atoms with van der Waals surface area (Å²) >= 11 is 0. The predicted molar refractivity (Wildman–Crippen MR) is 69.4 cm³/mol. The lowest BCUT2D eigenvalue weighted by atomic mass is 9.90. The Morgan fingerprint density at radius 2 is 2.06 bits per heavy atom. The van der Waals surface area contributed by atoms with E-state index >= 15 is 0 Å². The summed E-state index contributed by atoms with van der Waals surface area (Å²) in [5, 5.41) is 0. The van der Waals surface area contributed by atoms with Gasteiger partial charge in [-0.1, -0.05) is 19.8 Å². The first kappa shape index (κ1) is 14.0. The molecule has 2 N–H and O–H groups in total. The molecule has 1 rings (SSSR count). The van der Waals surface area contributed by atoms with Crippen LogP contribution in [0.2, 0.25) is 0 Å². The average Bonchev–Trinajstić information content (AvgIpc) is 2.74. The van der Waals surface area contributed by atoms with E-state index in [9.17, 15) is 0 Å². The van der Waals surface area contributed by atoms with Crippen LogP contribution in [-0.2, 0) is 4.74 Å². The molecule has 1 aliphatic rings. The molecule has 0 bridgehead atoms. The molecule has 0 aromatic rings. The van der Waals surface area contributed by atoms with Crippen LogP contribution in [0.5, 0.6) is 0 Å². The summed E-state index contributed by atoms with van der Waals surface area (Å²) in [5.41, 5.74) is 6.29. The number of rotatable bonds is 6. The summed E-state index contributed by atoms with van der Waals surface area (Å²) in [5.74, 6) is 1.70. The third-order valence-corrected chi connectivity index (χ3v) is 4.40. The minimum Gasteiger partial charge on any atom is -0.379 e. The third-order valence-electron chi connectivity index (χ3n) is 4.40. The fraction of sp³-hybridized carbons (Fsp3) is 1.00. The summed E-state index contributed by atoms with van der Waals surface area (Å²) in [6, 6.07) is 0.381. The molecule has 0 radical (unpaired) electrons. The first-order valence-electron chi connectivity index (χ1n) is 6.79. The van der Waals surface area contributed by atoms with Crippen molar-refractivity contribution in [1.82, 2.24) is 0 Å². The number of nitrogens with two attached hydrogens (primary N) is 1. The lowest BCUT2D eigenvalue weighted by Gasteiger charge is -2.26. The van der Waals surface area contributed by atoms with Gasteiger partial charge in [0.05, 0.1) is 5.60 Å². The zero-order valence-corrected chi connectivity index (χ0v) is 11.5. The van der Waals surface area contributed by atoms with Crippen LogP contribution >= 0.6 is 0 Å². The van der Waals surface area contributed by atoms with E-state index in [0.717, 1.165) is 24.7 Å². The SMILES string of the molecule is CCC1CCC(C(N)CCC(C)(C)OC)C1. The highest BCUT2D eigenvalue weighted by atomic mass is 16.5. The standard InChI is InChI=1S/C14H29NO/c1-5-11-6-7-12(10-11)13(15)8-9-14(2,3)16-4/h11-13H,5-10,15H2,1-4H3. The largest absolute Gasteiger partial charge is 0.379 e. The molecular formula is C14H29NO. The van der Waals surface area contributed by atoms with Crippen molar-refractivity contribution in [2.75, 3.05) is 7.11 Å². The van der Waals surface area contributed by atoms with Crippen LogP contribution in [-0.4, -0.2) is 18.8 Å². The van der Waals surface area contributed by atoms with Gasteiger partial charge in [0, 0.05) is 13.2 Å². The highest BCUT2D eigenvalue weighted by Crippen LogP contribution is 2.35. The maximum absolute atomic E-state index is 6.30. The molecule has 96 valence electrons. The second-order valence-electron chi connectivity index (χ2n) is 6.01. The molecule has 0 spiro atoms. The molecule has 0 heterocycles. The van der Waals surface area contributed by atoms with E-state index in [2.05, 4.69) is 20.8 Å². The van der Waals surface area contributed by atoms with Crippen molar-refractivity contribution in [3.8, 4) is 0 Å². The van der Waals surface area contributed by atoms with Crippen LogP contribution in [0.25, 0.3) is 0 Å². The second kappa shape index (κ2) is 6.02. The number of hydrogen-bond donors (Lipinski definition) is 1. The van der Waals surface area contributed by atoms with Gasteiger partial charge in [-0.2, -0.15) is 0 Å². The van der Waals surface area contributed by atoms with Crippen LogP contribution in [0.3, 0.4) is 0 Å². The van der Waals surface area contributed by atoms with Crippen molar-refractivity contribution in [2.45, 2.75) is 70.9 Å². The molecule has 3 atom stereocenters. The fourth-order valence-electron chi connectivity index (χ4n) is 2.73. The van der Waals surface area contributed by atoms with Gasteiger partial charge in [-0.3, -0.25) is 0 Å². The average molecular weight is 227 g/mol. The smallest absolute Gasteiger partial charge is 0.0623 e. The molecule has 0 aliphatic heterocycles. The molecule has 0 aromatic carbocycles. The van der Waals surface area contributed by atoms with E-state index in [1.807, 2.05) is 0 Å². The Labute approximate surface area is 101 Å². The van der Waals surface area contributed by atoms with Crippen molar-refractivity contribution in [3.63, 3.8) is 0 Å². The third kappa shape index (κ3) is 4.06. The van der Waals surface area contributed by atoms with Gasteiger partial charge in [0.1, 0.15) is 0 Å². The molecule has 1 aliphatic carbocycles. The Morgan fingerprint density at radius 1 is 1.38 bits per heavy atom. The Balaban J connectivity index is 2.28. The van der Waals surface area contributed by atoms with Crippen molar-refractivity contribution >= 4 is 0 Å². The number of hydrogen-bond acceptors (Lipinski definition) is 2. The van der Waals surface area contributed by atoms with E-state index in [1.54, 1.807) is 7.11 Å². The van der Waals surface area contributed by atoms with E-state index < -0.39 is 0 Å². The molecule has 2 nitrogen and oxygen atoms in total. The molecular weight excluding hydrogens is 198 g/mol. The van der Waals surface area contributed by atoms with Gasteiger partial charge in [-0.25, -0.2) is 0 Å². The van der Waals surface area contributed by atoms with Gasteiger partial charge in [0.15, 0.2) is 0 Å². The summed E-state index contributed by atoms with van der Waals surface area (Å²) in [6.07, 6.45) is 7.58. The van der Waals surface area contributed by atoms with Gasteiger partial charge in [-0.05, 0) is 51.4 Å². The van der Waals surface area contributed by atoms with Crippen LogP contribution in [0.1, 0.15) is 59.3 Å². The van der Waals surface area contributed by atoms with Gasteiger partial charge in [0.2, 0.25) is 0 Å². The molecule has 1 fully saturated rings. The minimum absolute atomic E-state index is 0.0135. The highest BCUT2D eigenvalue weighted by Gasteiger charge is 2.29. The molecule has 0 amide bonds. The highest BCUT2D eigenvalue weighted by molar-refractivity contribution is 4.83. The lowest BCUT2D eigenvalue weighted by molar-refractivity contribution is 0.0113. The maximum atomic E-state index is 6.30. The quantitative estimate of drug-likeness (QED) is 0.755. The summed E-state index contributed by atoms with van der Waals surface area (Å²) in [4.78, 5) is 0. The van der Waals surface area contributed by atoms with Gasteiger partial charge in [0.25, 0.3) is 0 Å². The Kier molecular flexibility index (Phi) is 5.26. The Hall–Kier alpha value is -0.0800. The Bertz CT molecular complexity index is 203. The number of ether oxygens (including phenoxy) is 1. The zero-order chi connectivity index (χ0) is 12.2. The summed E-state index contributed by atoms with van der Waals surface area (Å²) in [6.45, 7) is 6.58. The Morgan fingerprint density at radius 3 is 2.56 bits per heavy atom. The van der Waals surface area contributed by atoms with Crippen molar-refractivity contribution in [1.29, 1.82) is 0 Å². The molecule has 16 heavy (non-hydrogen) atoms. The topological polar surface area (TPSA) is 35.2 Å². The van der Waals surface area contributed by atoms with Crippen LogP contribution in [0, 0.1) is 11.8 Å². The fourth-order valence-corrected chi connectivity index (χ4v) is 2.73. The van der Waals surface area contributed by atoms with E-state index in [1.165, 1.54) is 25.7 Å². The molecule has 2 heteroatoms. The first-order chi connectivity index (χ1) is 7.48. The zero-order valence-electron chi connectivity index (χ0n) is 11.5. The van der Waals surface area contributed by atoms with Gasteiger partial charge < -0.3 is 10.5 Å². The molecule has 1 saturated carbocycles. The minimum atomic E-state index is -0.0135. The van der Waals surface area contributed by atoms with Crippen LogP contribution in [0.4, 0.5) is 0 Å². The van der Waals surface area contributed by atoms with Crippen LogP contribution in [0.15, 0.2) is 0 Å². The molecule has 0 aromatic heterocycles. The molecule has 3 unspecified atom stereocenters. The van der Waals surface area contributed by atoms with E-state index in [4.69, 9.17) is 10.5 Å². The predicted octanol–water partition coefficient (Wildman–Crippen LogP) is 3.35. The van der Waals surface area contributed by atoms with Crippen molar-refractivity contribution in [3.05, 3.63) is 0 Å². The second-order valence-corrected chi connectivity index (χ2v) is 6.01. The van der Waals surface area contributed by atoms with Crippen LogP contribution < -0.4 is 5.73 Å². The number of methoxy groups -OCH3 is 1. The van der Waals surface area contributed by atoms with Crippen molar-refractivity contribution < 1.29 is 4.74 Å². The maximum Gasteiger partial charge on any atom is 0.0623 e. The van der Waals surface area contributed by atoms with Crippen molar-refractivity contribution in [2.24, 2.45) is 17.6 Å². The van der Waals surface area contributed by atoms with E-state index in [0.29, 0.717) is 6.04 Å². The van der Waals surface area contributed by atoms with Gasteiger partial charge in [-0.15, -0.1) is 0 Å². The van der Waals surface area contributed by atoms with Gasteiger partial charge >= 0.3 is 0 Å². The summed E-state index contributed by atoms with van der Waals surface area (Å²) < 4.78 is 5.44. The normalized spacial score (nSPS) is 28.3. The molecule has 0 saturated heterocycles. The first-order valence-corrected chi connectivity index (χ1v) is 6.79. The lowest BCUT2D eigenvalue weighted by Crippen LogP contribution is -2.32. The monoisotopic (exact) mass is 227 g/mol.